The predicted molar refractivity (Wildman–Crippen MR) is 114 cm³/mol. The summed E-state index contributed by atoms with van der Waals surface area (Å²) in [5.41, 5.74) is 0.263. The second-order valence-corrected chi connectivity index (χ2v) is 9.40. The molecule has 0 radical (unpaired) electrons. The Bertz CT molecular complexity index is 719. The second-order valence-electron chi connectivity index (χ2n) is 9.40. The fourth-order valence-corrected chi connectivity index (χ4v) is 4.11. The van der Waals surface area contributed by atoms with Gasteiger partial charge in [0.25, 0.3) is 0 Å². The van der Waals surface area contributed by atoms with Crippen LogP contribution >= 0.6 is 0 Å². The van der Waals surface area contributed by atoms with E-state index in [9.17, 15) is 9.59 Å². The molecule has 3 rings (SSSR count). The number of pyridine rings is 1. The Morgan fingerprint density at radius 1 is 1.14 bits per heavy atom. The van der Waals surface area contributed by atoms with Crippen LogP contribution in [0.2, 0.25) is 0 Å². The molecule has 3 unspecified atom stereocenters. The van der Waals surface area contributed by atoms with E-state index in [0.717, 1.165) is 38.3 Å². The Balaban J connectivity index is 1.58. The number of morpholine rings is 1. The quantitative estimate of drug-likeness (QED) is 0.841. The number of amides is 2. The highest BCUT2D eigenvalue weighted by molar-refractivity contribution is 5.93. The van der Waals surface area contributed by atoms with Crippen molar-refractivity contribution < 1.29 is 14.3 Å². The average molecular weight is 403 g/mol. The topological polar surface area (TPSA) is 74.8 Å². The summed E-state index contributed by atoms with van der Waals surface area (Å²) < 4.78 is 5.77. The summed E-state index contributed by atoms with van der Waals surface area (Å²) in [6, 6.07) is 3.84. The molecule has 2 aliphatic rings. The molecule has 0 bridgehead atoms. The summed E-state index contributed by atoms with van der Waals surface area (Å²) >= 11 is 0. The number of hydrogen-bond acceptors (Lipinski definition) is 5. The van der Waals surface area contributed by atoms with Gasteiger partial charge < -0.3 is 19.9 Å². The van der Waals surface area contributed by atoms with Crippen molar-refractivity contribution in [1.29, 1.82) is 0 Å². The van der Waals surface area contributed by atoms with Crippen LogP contribution in [0.1, 0.15) is 47.5 Å². The smallest absolute Gasteiger partial charge is 0.229 e. The van der Waals surface area contributed by atoms with Crippen molar-refractivity contribution in [2.75, 3.05) is 36.4 Å². The Morgan fingerprint density at radius 2 is 1.83 bits per heavy atom. The highest BCUT2D eigenvalue weighted by Gasteiger charge is 2.33. The van der Waals surface area contributed by atoms with Gasteiger partial charge in [-0.05, 0) is 38.8 Å². The summed E-state index contributed by atoms with van der Waals surface area (Å²) in [5, 5.41) is 2.97. The van der Waals surface area contributed by atoms with Crippen LogP contribution < -0.4 is 10.2 Å². The molecular formula is C22H34N4O3. The van der Waals surface area contributed by atoms with E-state index in [0.29, 0.717) is 12.2 Å². The number of likely N-dealkylation sites (tertiary alicyclic amines) is 1. The summed E-state index contributed by atoms with van der Waals surface area (Å²) in [5.74, 6) is 0.773. The van der Waals surface area contributed by atoms with E-state index >= 15 is 0 Å². The Hall–Kier alpha value is -2.15. The minimum absolute atomic E-state index is 0.0421. The molecular weight excluding hydrogens is 368 g/mol. The summed E-state index contributed by atoms with van der Waals surface area (Å²) in [6.45, 7) is 12.7. The van der Waals surface area contributed by atoms with Crippen molar-refractivity contribution in [2.45, 2.75) is 59.7 Å². The number of rotatable bonds is 3. The third-order valence-electron chi connectivity index (χ3n) is 5.48. The number of nitrogens with zero attached hydrogens (tertiary/aromatic N) is 3. The van der Waals surface area contributed by atoms with E-state index in [4.69, 9.17) is 4.74 Å². The van der Waals surface area contributed by atoms with Crippen LogP contribution in [-0.4, -0.2) is 60.1 Å². The van der Waals surface area contributed by atoms with Crippen LogP contribution in [0.25, 0.3) is 0 Å². The van der Waals surface area contributed by atoms with Crippen molar-refractivity contribution in [3.8, 4) is 0 Å². The molecule has 2 amide bonds. The fraction of sp³-hybridized carbons (Fsp3) is 0.682. The van der Waals surface area contributed by atoms with Crippen LogP contribution in [0.3, 0.4) is 0 Å². The molecule has 0 spiro atoms. The Kier molecular flexibility index (Phi) is 6.46. The number of anilines is 2. The van der Waals surface area contributed by atoms with Gasteiger partial charge >= 0.3 is 0 Å². The average Bonchev–Trinajstić information content (AvgIpc) is 2.66. The van der Waals surface area contributed by atoms with Gasteiger partial charge in [-0.3, -0.25) is 9.59 Å². The maximum absolute atomic E-state index is 12.8. The van der Waals surface area contributed by atoms with Crippen LogP contribution in [0, 0.1) is 11.3 Å². The first-order valence-corrected chi connectivity index (χ1v) is 10.6. The normalized spacial score (nSPS) is 25.6. The molecule has 2 fully saturated rings. The lowest BCUT2D eigenvalue weighted by atomic mass is 9.91. The van der Waals surface area contributed by atoms with E-state index in [-0.39, 0.29) is 29.9 Å². The van der Waals surface area contributed by atoms with Crippen LogP contribution in [-0.2, 0) is 14.3 Å². The largest absolute Gasteiger partial charge is 0.372 e. The van der Waals surface area contributed by atoms with E-state index < -0.39 is 5.41 Å². The van der Waals surface area contributed by atoms with E-state index in [1.807, 2.05) is 37.8 Å². The lowest BCUT2D eigenvalue weighted by Crippen LogP contribution is -2.47. The molecule has 3 heterocycles. The third kappa shape index (κ3) is 5.47. The number of hydrogen-bond donors (Lipinski definition) is 1. The van der Waals surface area contributed by atoms with Crippen molar-refractivity contribution in [3.63, 3.8) is 0 Å². The maximum atomic E-state index is 12.8. The first-order valence-electron chi connectivity index (χ1n) is 10.6. The number of carbonyl (C=O) groups is 2. The number of carbonyl (C=O) groups excluding carboxylic acids is 2. The number of aromatic nitrogens is 1. The second kappa shape index (κ2) is 8.69. The monoisotopic (exact) mass is 402 g/mol. The van der Waals surface area contributed by atoms with Gasteiger partial charge in [0, 0.05) is 31.6 Å². The zero-order chi connectivity index (χ0) is 21.2. The fourth-order valence-electron chi connectivity index (χ4n) is 4.11. The van der Waals surface area contributed by atoms with Gasteiger partial charge in [0.05, 0.1) is 30.0 Å². The zero-order valence-electron chi connectivity index (χ0n) is 18.3. The van der Waals surface area contributed by atoms with Gasteiger partial charge in [-0.2, -0.15) is 0 Å². The molecule has 1 aromatic heterocycles. The summed E-state index contributed by atoms with van der Waals surface area (Å²) in [7, 11) is 0. The minimum atomic E-state index is -0.424. The molecule has 7 heteroatoms. The Labute approximate surface area is 173 Å². The first kappa shape index (κ1) is 21.6. The number of piperidine rings is 1. The molecule has 0 aromatic carbocycles. The first-order chi connectivity index (χ1) is 13.6. The standard InChI is InChI=1S/C22H34N4O3/c1-15-12-26(13-16(2)29-15)19-9-8-18(11-23-19)24-20(27)17-7-6-10-25(14-17)21(28)22(3,4)5/h8-9,11,15-17H,6-7,10,12-14H2,1-5H3,(H,24,27). The maximum Gasteiger partial charge on any atom is 0.229 e. The molecule has 3 atom stereocenters. The van der Waals surface area contributed by atoms with Crippen LogP contribution in [0.5, 0.6) is 0 Å². The van der Waals surface area contributed by atoms with Gasteiger partial charge in [-0.15, -0.1) is 0 Å². The van der Waals surface area contributed by atoms with Crippen LogP contribution in [0.15, 0.2) is 18.3 Å². The molecule has 29 heavy (non-hydrogen) atoms. The van der Waals surface area contributed by atoms with E-state index in [1.165, 1.54) is 0 Å². The van der Waals surface area contributed by atoms with E-state index in [1.54, 1.807) is 6.20 Å². The van der Waals surface area contributed by atoms with Crippen molar-refractivity contribution in [2.24, 2.45) is 11.3 Å². The molecule has 1 aromatic rings. The molecule has 7 nitrogen and oxygen atoms in total. The Morgan fingerprint density at radius 3 is 2.41 bits per heavy atom. The molecule has 160 valence electrons. The lowest BCUT2D eigenvalue weighted by molar-refractivity contribution is -0.142. The molecule has 1 N–H and O–H groups in total. The highest BCUT2D eigenvalue weighted by Crippen LogP contribution is 2.25. The number of nitrogens with one attached hydrogen (secondary N) is 1. The van der Waals surface area contributed by atoms with Crippen molar-refractivity contribution >= 4 is 23.3 Å². The summed E-state index contributed by atoms with van der Waals surface area (Å²) in [4.78, 5) is 33.9. The highest BCUT2D eigenvalue weighted by atomic mass is 16.5. The number of ether oxygens (including phenoxy) is 1. The van der Waals surface area contributed by atoms with Gasteiger partial charge in [0.1, 0.15) is 5.82 Å². The summed E-state index contributed by atoms with van der Waals surface area (Å²) in [6.07, 6.45) is 3.70. The lowest BCUT2D eigenvalue weighted by Gasteiger charge is -2.36. The van der Waals surface area contributed by atoms with Gasteiger partial charge in [-0.25, -0.2) is 4.98 Å². The van der Waals surface area contributed by atoms with Gasteiger partial charge in [-0.1, -0.05) is 20.8 Å². The molecule has 2 saturated heterocycles. The van der Waals surface area contributed by atoms with Crippen molar-refractivity contribution in [1.82, 2.24) is 9.88 Å². The molecule has 0 aliphatic carbocycles. The minimum Gasteiger partial charge on any atom is -0.372 e. The zero-order valence-corrected chi connectivity index (χ0v) is 18.3. The van der Waals surface area contributed by atoms with Gasteiger partial charge in [0.15, 0.2) is 0 Å². The SMILES string of the molecule is CC1CN(c2ccc(NC(=O)C3CCCN(C(=O)C(C)(C)C)C3)cn2)CC(C)O1. The molecule has 2 aliphatic heterocycles. The van der Waals surface area contributed by atoms with E-state index in [2.05, 4.69) is 29.0 Å². The van der Waals surface area contributed by atoms with Crippen molar-refractivity contribution in [3.05, 3.63) is 18.3 Å². The predicted octanol–water partition coefficient (Wildman–Crippen LogP) is 2.92. The van der Waals surface area contributed by atoms with Crippen LogP contribution in [0.4, 0.5) is 11.5 Å². The van der Waals surface area contributed by atoms with Gasteiger partial charge in [0.2, 0.25) is 11.8 Å². The third-order valence-corrected chi connectivity index (χ3v) is 5.48. The molecule has 0 saturated carbocycles.